The third kappa shape index (κ3) is 3.63. The van der Waals surface area contributed by atoms with Gasteiger partial charge in [0.1, 0.15) is 11.2 Å². The molecule has 6 rings (SSSR count). The Morgan fingerprint density at radius 2 is 1.56 bits per heavy atom. The van der Waals surface area contributed by atoms with Crippen LogP contribution in [0, 0.1) is 5.41 Å². The molecule has 3 nitrogen and oxygen atoms in total. The number of nitrogens with zero attached hydrogens (tertiary/aromatic N) is 2. The van der Waals surface area contributed by atoms with E-state index in [9.17, 15) is 0 Å². The number of hydrogen-bond acceptors (Lipinski definition) is 3. The highest BCUT2D eigenvalue weighted by molar-refractivity contribution is 6.20. The number of hydrogen-bond donors (Lipinski definition) is 0. The quantitative estimate of drug-likeness (QED) is 0.275. The van der Waals surface area contributed by atoms with Crippen molar-refractivity contribution in [3.8, 4) is 22.5 Å². The van der Waals surface area contributed by atoms with E-state index in [1.807, 2.05) is 69.4 Å². The van der Waals surface area contributed by atoms with Crippen LogP contribution in [0.15, 0.2) is 95.7 Å². The molecule has 0 fully saturated rings. The highest BCUT2D eigenvalue weighted by Gasteiger charge is 2.15. The summed E-state index contributed by atoms with van der Waals surface area (Å²) in [5.41, 5.74) is 5.16. The Hall–Kier alpha value is -3.98. The van der Waals surface area contributed by atoms with E-state index in [2.05, 4.69) is 41.4 Å². The second-order valence-electron chi connectivity index (χ2n) is 9.68. The SMILES string of the molecule is [2H]C([2H])(c1ccc(-c2ccc(-c3cccc4c3oc3ccc5ccccc5c34)nc2)nc1)C(C)(C)C. The van der Waals surface area contributed by atoms with Gasteiger partial charge < -0.3 is 4.42 Å². The summed E-state index contributed by atoms with van der Waals surface area (Å²) in [4.78, 5) is 9.28. The van der Waals surface area contributed by atoms with Gasteiger partial charge in [-0.05, 0) is 58.5 Å². The second kappa shape index (κ2) is 7.81. The molecule has 0 saturated carbocycles. The third-order valence-corrected chi connectivity index (χ3v) is 6.01. The van der Waals surface area contributed by atoms with Crippen molar-refractivity contribution < 1.29 is 7.16 Å². The molecule has 0 atom stereocenters. The zero-order valence-electron chi connectivity index (χ0n) is 21.5. The molecule has 34 heavy (non-hydrogen) atoms. The second-order valence-corrected chi connectivity index (χ2v) is 9.68. The largest absolute Gasteiger partial charge is 0.455 e. The average Bonchev–Trinajstić information content (AvgIpc) is 3.28. The van der Waals surface area contributed by atoms with Gasteiger partial charge in [-0.3, -0.25) is 9.97 Å². The molecule has 0 aliphatic heterocycles. The predicted molar refractivity (Wildman–Crippen MR) is 141 cm³/mol. The van der Waals surface area contributed by atoms with Gasteiger partial charge in [-0.15, -0.1) is 0 Å². The summed E-state index contributed by atoms with van der Waals surface area (Å²) < 4.78 is 23.3. The number of furan rings is 1. The summed E-state index contributed by atoms with van der Waals surface area (Å²) in [6.45, 7) is 5.69. The molecule has 0 amide bonds. The molecule has 3 heteroatoms. The van der Waals surface area contributed by atoms with E-state index in [1.165, 1.54) is 10.8 Å². The smallest absolute Gasteiger partial charge is 0.144 e. The first-order chi connectivity index (χ1) is 17.2. The van der Waals surface area contributed by atoms with Gasteiger partial charge in [0, 0.05) is 37.0 Å². The maximum atomic E-state index is 8.47. The Bertz CT molecular complexity index is 1730. The fourth-order valence-electron chi connectivity index (χ4n) is 4.55. The molecule has 0 N–H and O–H groups in total. The average molecular weight is 445 g/mol. The van der Waals surface area contributed by atoms with Gasteiger partial charge in [-0.1, -0.05) is 69.3 Å². The highest BCUT2D eigenvalue weighted by atomic mass is 16.3. The number of para-hydroxylation sites is 1. The van der Waals surface area contributed by atoms with Crippen LogP contribution in [0.2, 0.25) is 0 Å². The van der Waals surface area contributed by atoms with E-state index >= 15 is 0 Å². The van der Waals surface area contributed by atoms with Crippen LogP contribution in [0.25, 0.3) is 55.2 Å². The van der Waals surface area contributed by atoms with Gasteiger partial charge >= 0.3 is 0 Å². The minimum atomic E-state index is -1.47. The number of aromatic nitrogens is 2. The molecular weight excluding hydrogens is 416 g/mol. The van der Waals surface area contributed by atoms with Gasteiger partial charge in [0.2, 0.25) is 0 Å². The maximum absolute atomic E-state index is 8.47. The zero-order valence-corrected chi connectivity index (χ0v) is 19.5. The fourth-order valence-corrected chi connectivity index (χ4v) is 4.55. The summed E-state index contributed by atoms with van der Waals surface area (Å²) >= 11 is 0. The van der Waals surface area contributed by atoms with Gasteiger partial charge in [-0.2, -0.15) is 0 Å². The van der Waals surface area contributed by atoms with Gasteiger partial charge in [0.05, 0.1) is 11.4 Å². The van der Waals surface area contributed by atoms with Crippen molar-refractivity contribution in [2.24, 2.45) is 5.41 Å². The van der Waals surface area contributed by atoms with Crippen molar-refractivity contribution in [1.82, 2.24) is 9.97 Å². The van der Waals surface area contributed by atoms with Crippen LogP contribution in [0.4, 0.5) is 0 Å². The molecule has 3 heterocycles. The lowest BCUT2D eigenvalue weighted by Crippen LogP contribution is -2.09. The molecule has 166 valence electrons. The first kappa shape index (κ1) is 18.4. The summed E-state index contributed by atoms with van der Waals surface area (Å²) in [6, 6.07) is 26.4. The van der Waals surface area contributed by atoms with E-state index in [4.69, 9.17) is 12.1 Å². The summed E-state index contributed by atoms with van der Waals surface area (Å²) in [6.07, 6.45) is 1.97. The van der Waals surface area contributed by atoms with E-state index in [0.717, 1.165) is 44.5 Å². The number of fused-ring (bicyclic) bond motifs is 5. The van der Waals surface area contributed by atoms with Crippen LogP contribution in [0.5, 0.6) is 0 Å². The van der Waals surface area contributed by atoms with E-state index in [0.29, 0.717) is 5.56 Å². The van der Waals surface area contributed by atoms with E-state index in [1.54, 1.807) is 6.20 Å². The molecule has 6 aromatic rings. The van der Waals surface area contributed by atoms with Gasteiger partial charge in [0.25, 0.3) is 0 Å². The normalized spacial score (nSPS) is 13.4. The van der Waals surface area contributed by atoms with E-state index < -0.39 is 11.8 Å². The van der Waals surface area contributed by atoms with Crippen LogP contribution in [-0.4, -0.2) is 9.97 Å². The minimum Gasteiger partial charge on any atom is -0.455 e. The Labute approximate surface area is 201 Å². The van der Waals surface area contributed by atoms with Crippen molar-refractivity contribution in [3.05, 3.63) is 96.8 Å². The molecule has 0 spiro atoms. The molecule has 0 aliphatic carbocycles. The molecule has 0 radical (unpaired) electrons. The first-order valence-electron chi connectivity index (χ1n) is 12.5. The Balaban J connectivity index is 1.38. The predicted octanol–water partition coefficient (Wildman–Crippen LogP) is 8.45. The molecule has 0 aliphatic rings. The highest BCUT2D eigenvalue weighted by Crippen LogP contribution is 2.38. The van der Waals surface area contributed by atoms with Crippen molar-refractivity contribution in [3.63, 3.8) is 0 Å². The third-order valence-electron chi connectivity index (χ3n) is 6.01. The molecule has 0 unspecified atom stereocenters. The van der Waals surface area contributed by atoms with Crippen molar-refractivity contribution in [1.29, 1.82) is 0 Å². The van der Waals surface area contributed by atoms with Crippen molar-refractivity contribution >= 4 is 32.7 Å². The minimum absolute atomic E-state index is 0.524. The Morgan fingerprint density at radius 3 is 2.32 bits per heavy atom. The first-order valence-corrected chi connectivity index (χ1v) is 11.5. The lowest BCUT2D eigenvalue weighted by Gasteiger charge is -2.17. The number of benzene rings is 3. The molecule has 0 saturated heterocycles. The molecule has 3 aromatic carbocycles. The standard InChI is InChI=1S/C31H26N2O/c1-31(2,3)17-20-11-14-26(32-18-20)22-12-15-27(33-19-22)24-9-6-10-25-29-23-8-5-4-7-21(23)13-16-28(29)34-30(24)25/h4-16,18-19H,17H2,1-3H3/i17D2. The number of rotatable bonds is 3. The van der Waals surface area contributed by atoms with Crippen LogP contribution >= 0.6 is 0 Å². The molecule has 0 bridgehead atoms. The number of pyridine rings is 2. The molecular formula is C31H26N2O. The van der Waals surface area contributed by atoms with Gasteiger partial charge in [-0.25, -0.2) is 0 Å². The van der Waals surface area contributed by atoms with Crippen LogP contribution in [0.3, 0.4) is 0 Å². The maximum Gasteiger partial charge on any atom is 0.144 e. The summed E-state index contributed by atoms with van der Waals surface area (Å²) in [7, 11) is 0. The Kier molecular flexibility index (Phi) is 4.24. The van der Waals surface area contributed by atoms with Crippen LogP contribution in [0.1, 0.15) is 29.1 Å². The van der Waals surface area contributed by atoms with Crippen LogP contribution < -0.4 is 0 Å². The van der Waals surface area contributed by atoms with Crippen LogP contribution in [-0.2, 0) is 6.37 Å². The fraction of sp³-hybridized carbons (Fsp3) is 0.161. The zero-order chi connectivity index (χ0) is 25.1. The monoisotopic (exact) mass is 444 g/mol. The lowest BCUT2D eigenvalue weighted by atomic mass is 9.89. The Morgan fingerprint density at radius 1 is 0.765 bits per heavy atom. The lowest BCUT2D eigenvalue weighted by molar-refractivity contribution is 0.411. The van der Waals surface area contributed by atoms with Crippen molar-refractivity contribution in [2.45, 2.75) is 27.1 Å². The summed E-state index contributed by atoms with van der Waals surface area (Å²) in [5.74, 6) is 0. The van der Waals surface area contributed by atoms with Crippen molar-refractivity contribution in [2.75, 3.05) is 0 Å². The summed E-state index contributed by atoms with van der Waals surface area (Å²) in [5, 5.41) is 4.57. The molecule has 3 aromatic heterocycles. The van der Waals surface area contributed by atoms with E-state index in [-0.39, 0.29) is 0 Å². The van der Waals surface area contributed by atoms with Gasteiger partial charge in [0.15, 0.2) is 0 Å². The topological polar surface area (TPSA) is 38.9 Å².